The molecule has 3 unspecified atom stereocenters. The molecule has 0 aromatic carbocycles. The molecule has 0 radical (unpaired) electrons. The Hall–Kier alpha value is -0.120. The molecule has 1 aliphatic carbocycles. The Kier molecular flexibility index (Phi) is 5.05. The molecule has 1 aliphatic heterocycles. The average molecular weight is 255 g/mol. The van der Waals surface area contributed by atoms with Gasteiger partial charge in [0.2, 0.25) is 0 Å². The summed E-state index contributed by atoms with van der Waals surface area (Å²) >= 11 is 0. The van der Waals surface area contributed by atoms with Crippen LogP contribution in [-0.4, -0.2) is 38.5 Å². The Balaban J connectivity index is 1.83. The molecule has 0 bridgehead atoms. The molecule has 106 valence electrons. The van der Waals surface area contributed by atoms with E-state index in [9.17, 15) is 0 Å². The fourth-order valence-electron chi connectivity index (χ4n) is 3.17. The van der Waals surface area contributed by atoms with Gasteiger partial charge in [0, 0.05) is 18.6 Å². The molecule has 1 saturated heterocycles. The van der Waals surface area contributed by atoms with Crippen molar-refractivity contribution in [1.82, 2.24) is 5.32 Å². The SMILES string of the molecule is CCNC1CCC(C)(C)CC1OCC1CCOC1. The molecule has 1 N–H and O–H groups in total. The first-order valence-electron chi connectivity index (χ1n) is 7.53. The third-order valence-corrected chi connectivity index (χ3v) is 4.37. The van der Waals surface area contributed by atoms with Gasteiger partial charge in [-0.25, -0.2) is 0 Å². The van der Waals surface area contributed by atoms with Crippen LogP contribution < -0.4 is 5.32 Å². The second kappa shape index (κ2) is 6.36. The summed E-state index contributed by atoms with van der Waals surface area (Å²) < 4.78 is 11.6. The minimum atomic E-state index is 0.384. The lowest BCUT2D eigenvalue weighted by Crippen LogP contribution is -2.48. The van der Waals surface area contributed by atoms with Crippen molar-refractivity contribution in [3.63, 3.8) is 0 Å². The number of nitrogens with one attached hydrogen (secondary N) is 1. The van der Waals surface area contributed by atoms with Crippen molar-refractivity contribution in [3.8, 4) is 0 Å². The highest BCUT2D eigenvalue weighted by Gasteiger charge is 2.35. The quantitative estimate of drug-likeness (QED) is 0.819. The van der Waals surface area contributed by atoms with E-state index in [4.69, 9.17) is 9.47 Å². The largest absolute Gasteiger partial charge is 0.381 e. The lowest BCUT2D eigenvalue weighted by Gasteiger charge is -2.41. The van der Waals surface area contributed by atoms with Crippen LogP contribution in [0.15, 0.2) is 0 Å². The van der Waals surface area contributed by atoms with Crippen LogP contribution in [0.25, 0.3) is 0 Å². The molecule has 1 saturated carbocycles. The van der Waals surface area contributed by atoms with E-state index in [0.717, 1.165) is 26.4 Å². The van der Waals surface area contributed by atoms with Crippen molar-refractivity contribution >= 4 is 0 Å². The van der Waals surface area contributed by atoms with E-state index in [2.05, 4.69) is 26.1 Å². The van der Waals surface area contributed by atoms with E-state index >= 15 is 0 Å². The highest BCUT2D eigenvalue weighted by atomic mass is 16.5. The third kappa shape index (κ3) is 3.94. The summed E-state index contributed by atoms with van der Waals surface area (Å²) in [5, 5.41) is 3.59. The summed E-state index contributed by atoms with van der Waals surface area (Å²) in [6, 6.07) is 0.547. The minimum absolute atomic E-state index is 0.384. The number of hydrogen-bond donors (Lipinski definition) is 1. The molecule has 2 aliphatic rings. The smallest absolute Gasteiger partial charge is 0.0733 e. The van der Waals surface area contributed by atoms with Crippen LogP contribution >= 0.6 is 0 Å². The Labute approximate surface area is 112 Å². The number of rotatable bonds is 5. The fourth-order valence-corrected chi connectivity index (χ4v) is 3.17. The van der Waals surface area contributed by atoms with Crippen molar-refractivity contribution in [2.24, 2.45) is 11.3 Å². The summed E-state index contributed by atoms with van der Waals surface area (Å²) in [5.74, 6) is 0.623. The van der Waals surface area contributed by atoms with E-state index in [1.807, 2.05) is 0 Å². The Bertz CT molecular complexity index is 249. The monoisotopic (exact) mass is 255 g/mol. The van der Waals surface area contributed by atoms with Gasteiger partial charge in [-0.2, -0.15) is 0 Å². The normalized spacial score (nSPS) is 35.8. The summed E-state index contributed by atoms with van der Waals surface area (Å²) in [6.45, 7) is 10.6. The Morgan fingerprint density at radius 3 is 2.83 bits per heavy atom. The molecular formula is C15H29NO2. The zero-order chi connectivity index (χ0) is 13.0. The molecule has 18 heavy (non-hydrogen) atoms. The second-order valence-corrected chi connectivity index (χ2v) is 6.67. The summed E-state index contributed by atoms with van der Waals surface area (Å²) in [7, 11) is 0. The van der Waals surface area contributed by atoms with E-state index in [0.29, 0.717) is 23.5 Å². The number of likely N-dealkylation sites (N-methyl/N-ethyl adjacent to an activating group) is 1. The van der Waals surface area contributed by atoms with Crippen molar-refractivity contribution in [2.75, 3.05) is 26.4 Å². The van der Waals surface area contributed by atoms with Crippen LogP contribution in [0.4, 0.5) is 0 Å². The lowest BCUT2D eigenvalue weighted by molar-refractivity contribution is -0.0417. The number of ether oxygens (including phenoxy) is 2. The van der Waals surface area contributed by atoms with Gasteiger partial charge in [0.25, 0.3) is 0 Å². The molecule has 1 heterocycles. The molecule has 3 nitrogen and oxygen atoms in total. The van der Waals surface area contributed by atoms with Crippen LogP contribution in [-0.2, 0) is 9.47 Å². The summed E-state index contributed by atoms with van der Waals surface area (Å²) in [5.41, 5.74) is 0.433. The van der Waals surface area contributed by atoms with Gasteiger partial charge in [-0.3, -0.25) is 0 Å². The van der Waals surface area contributed by atoms with Crippen LogP contribution in [0.5, 0.6) is 0 Å². The highest BCUT2D eigenvalue weighted by Crippen LogP contribution is 2.37. The van der Waals surface area contributed by atoms with E-state index < -0.39 is 0 Å². The molecule has 2 fully saturated rings. The first-order chi connectivity index (χ1) is 8.61. The molecule has 3 atom stereocenters. The van der Waals surface area contributed by atoms with Gasteiger partial charge >= 0.3 is 0 Å². The maximum Gasteiger partial charge on any atom is 0.0733 e. The van der Waals surface area contributed by atoms with Gasteiger partial charge in [0.15, 0.2) is 0 Å². The molecular weight excluding hydrogens is 226 g/mol. The predicted octanol–water partition coefficient (Wildman–Crippen LogP) is 2.60. The topological polar surface area (TPSA) is 30.5 Å². The van der Waals surface area contributed by atoms with Crippen molar-refractivity contribution in [2.45, 2.75) is 58.6 Å². The van der Waals surface area contributed by atoms with Gasteiger partial charge in [-0.05, 0) is 37.6 Å². The standard InChI is InChI=1S/C15H29NO2/c1-4-16-13-5-7-15(2,3)9-14(13)18-11-12-6-8-17-10-12/h12-14,16H,4-11H2,1-3H3. The maximum atomic E-state index is 6.23. The van der Waals surface area contributed by atoms with Crippen LogP contribution in [0, 0.1) is 11.3 Å². The van der Waals surface area contributed by atoms with Gasteiger partial charge in [0.05, 0.1) is 19.3 Å². The molecule has 0 amide bonds. The maximum absolute atomic E-state index is 6.23. The first kappa shape index (κ1) is 14.3. The molecule has 0 aromatic heterocycles. The molecule has 0 spiro atoms. The summed E-state index contributed by atoms with van der Waals surface area (Å²) in [4.78, 5) is 0. The lowest BCUT2D eigenvalue weighted by atomic mass is 9.74. The molecule has 3 heteroatoms. The van der Waals surface area contributed by atoms with Crippen molar-refractivity contribution in [3.05, 3.63) is 0 Å². The zero-order valence-corrected chi connectivity index (χ0v) is 12.2. The second-order valence-electron chi connectivity index (χ2n) is 6.67. The van der Waals surface area contributed by atoms with Gasteiger partial charge < -0.3 is 14.8 Å². The molecule has 0 aromatic rings. The van der Waals surface area contributed by atoms with E-state index in [1.54, 1.807) is 0 Å². The number of hydrogen-bond acceptors (Lipinski definition) is 3. The Morgan fingerprint density at radius 1 is 1.33 bits per heavy atom. The van der Waals surface area contributed by atoms with E-state index in [-0.39, 0.29) is 0 Å². The minimum Gasteiger partial charge on any atom is -0.381 e. The van der Waals surface area contributed by atoms with E-state index in [1.165, 1.54) is 25.7 Å². The third-order valence-electron chi connectivity index (χ3n) is 4.37. The van der Waals surface area contributed by atoms with Crippen LogP contribution in [0.3, 0.4) is 0 Å². The van der Waals surface area contributed by atoms with Gasteiger partial charge in [-0.15, -0.1) is 0 Å². The summed E-state index contributed by atoms with van der Waals surface area (Å²) in [6.07, 6.45) is 5.28. The highest BCUT2D eigenvalue weighted by molar-refractivity contribution is 4.89. The average Bonchev–Trinajstić information content (AvgIpc) is 2.82. The first-order valence-corrected chi connectivity index (χ1v) is 7.53. The van der Waals surface area contributed by atoms with Gasteiger partial charge in [0.1, 0.15) is 0 Å². The Morgan fingerprint density at radius 2 is 2.17 bits per heavy atom. The van der Waals surface area contributed by atoms with Crippen molar-refractivity contribution in [1.29, 1.82) is 0 Å². The predicted molar refractivity (Wildman–Crippen MR) is 73.8 cm³/mol. The molecule has 2 rings (SSSR count). The fraction of sp³-hybridized carbons (Fsp3) is 1.00. The zero-order valence-electron chi connectivity index (χ0n) is 12.2. The van der Waals surface area contributed by atoms with Crippen molar-refractivity contribution < 1.29 is 9.47 Å². The van der Waals surface area contributed by atoms with Crippen LogP contribution in [0.1, 0.15) is 46.5 Å². The van der Waals surface area contributed by atoms with Gasteiger partial charge in [-0.1, -0.05) is 20.8 Å². The van der Waals surface area contributed by atoms with Crippen LogP contribution in [0.2, 0.25) is 0 Å².